The Labute approximate surface area is 106 Å². The first-order valence-electron chi connectivity index (χ1n) is 5.23. The number of sulfonamides is 1. The number of nitrogens with zero attached hydrogens (tertiary/aromatic N) is 3. The van der Waals surface area contributed by atoms with Crippen molar-refractivity contribution in [1.29, 1.82) is 0 Å². The second-order valence-corrected chi connectivity index (χ2v) is 7.83. The van der Waals surface area contributed by atoms with E-state index in [0.29, 0.717) is 6.42 Å². The summed E-state index contributed by atoms with van der Waals surface area (Å²) in [6.45, 7) is 3.54. The molecular formula is C8H16N4O4S2. The molecule has 1 aromatic rings. The van der Waals surface area contributed by atoms with Crippen LogP contribution in [0.4, 0.5) is 0 Å². The van der Waals surface area contributed by atoms with Crippen LogP contribution in [0.25, 0.3) is 0 Å². The normalized spacial score (nSPS) is 14.7. The molecule has 104 valence electrons. The summed E-state index contributed by atoms with van der Waals surface area (Å²) in [4.78, 5) is 0. The van der Waals surface area contributed by atoms with Gasteiger partial charge in [0.05, 0.1) is 0 Å². The number of sulfone groups is 1. The monoisotopic (exact) mass is 296 g/mol. The van der Waals surface area contributed by atoms with Crippen LogP contribution in [0.3, 0.4) is 0 Å². The third-order valence-corrected chi connectivity index (χ3v) is 4.76. The Bertz CT molecular complexity index is 632. The van der Waals surface area contributed by atoms with Crippen molar-refractivity contribution in [2.45, 2.75) is 37.2 Å². The molecule has 1 atom stereocenters. The Morgan fingerprint density at radius 1 is 1.28 bits per heavy atom. The van der Waals surface area contributed by atoms with Crippen molar-refractivity contribution >= 4 is 19.9 Å². The lowest BCUT2D eigenvalue weighted by Gasteiger charge is -2.12. The van der Waals surface area contributed by atoms with Crippen molar-refractivity contribution in [3.05, 3.63) is 5.82 Å². The molecule has 10 heteroatoms. The second-order valence-electron chi connectivity index (χ2n) is 4.01. The van der Waals surface area contributed by atoms with E-state index in [1.807, 2.05) is 6.92 Å². The highest BCUT2D eigenvalue weighted by atomic mass is 32.2. The average Bonchev–Trinajstić information content (AvgIpc) is 2.59. The fourth-order valence-electron chi connectivity index (χ4n) is 1.44. The van der Waals surface area contributed by atoms with Gasteiger partial charge in [-0.05, 0) is 13.3 Å². The Morgan fingerprint density at radius 3 is 2.22 bits per heavy atom. The summed E-state index contributed by atoms with van der Waals surface area (Å²) in [5, 5.41) is 10.8. The van der Waals surface area contributed by atoms with Gasteiger partial charge in [0.15, 0.2) is 15.7 Å². The van der Waals surface area contributed by atoms with E-state index < -0.39 is 30.3 Å². The van der Waals surface area contributed by atoms with Crippen LogP contribution >= 0.6 is 0 Å². The molecule has 0 bridgehead atoms. The highest BCUT2D eigenvalue weighted by Crippen LogP contribution is 2.21. The summed E-state index contributed by atoms with van der Waals surface area (Å²) in [5.41, 5.74) is 0. The van der Waals surface area contributed by atoms with Crippen LogP contribution in [-0.2, 0) is 26.4 Å². The molecule has 2 N–H and O–H groups in total. The summed E-state index contributed by atoms with van der Waals surface area (Å²) < 4.78 is 46.8. The fraction of sp³-hybridized carbons (Fsp3) is 0.750. The van der Waals surface area contributed by atoms with E-state index in [0.717, 1.165) is 6.26 Å². The molecule has 0 aliphatic carbocycles. The molecule has 0 aliphatic rings. The zero-order valence-electron chi connectivity index (χ0n) is 10.4. The summed E-state index contributed by atoms with van der Waals surface area (Å²) in [7, 11) is -7.41. The summed E-state index contributed by atoms with van der Waals surface area (Å²) >= 11 is 0. The number of nitrogens with two attached hydrogens (primary N) is 1. The van der Waals surface area contributed by atoms with E-state index in [9.17, 15) is 16.8 Å². The summed E-state index contributed by atoms with van der Waals surface area (Å²) in [6.07, 6.45) is 1.66. The van der Waals surface area contributed by atoms with E-state index in [2.05, 4.69) is 10.2 Å². The molecule has 1 rings (SSSR count). The average molecular weight is 296 g/mol. The van der Waals surface area contributed by atoms with Gasteiger partial charge in [-0.15, -0.1) is 10.2 Å². The highest BCUT2D eigenvalue weighted by molar-refractivity contribution is 7.90. The van der Waals surface area contributed by atoms with E-state index in [4.69, 9.17) is 5.14 Å². The van der Waals surface area contributed by atoms with Gasteiger partial charge < -0.3 is 0 Å². The van der Waals surface area contributed by atoms with Gasteiger partial charge in [0.1, 0.15) is 5.25 Å². The van der Waals surface area contributed by atoms with Gasteiger partial charge in [-0.25, -0.2) is 22.0 Å². The molecule has 0 saturated heterocycles. The van der Waals surface area contributed by atoms with Gasteiger partial charge in [-0.1, -0.05) is 6.92 Å². The quantitative estimate of drug-likeness (QED) is 0.776. The fourth-order valence-corrected chi connectivity index (χ4v) is 2.64. The number of primary sulfonamides is 1. The SMILES string of the molecule is CCCn1c(C(C)S(C)(=O)=O)nnc1S(N)(=O)=O. The number of hydrogen-bond donors (Lipinski definition) is 1. The van der Waals surface area contributed by atoms with Gasteiger partial charge in [-0.2, -0.15) is 0 Å². The van der Waals surface area contributed by atoms with Gasteiger partial charge in [0, 0.05) is 12.8 Å². The predicted molar refractivity (Wildman–Crippen MR) is 64.9 cm³/mol. The number of hydrogen-bond acceptors (Lipinski definition) is 6. The van der Waals surface area contributed by atoms with E-state index in [-0.39, 0.29) is 12.4 Å². The molecule has 0 aromatic carbocycles. The molecule has 0 aliphatic heterocycles. The molecule has 1 unspecified atom stereocenters. The molecule has 8 nitrogen and oxygen atoms in total. The van der Waals surface area contributed by atoms with Crippen molar-refractivity contribution < 1.29 is 16.8 Å². The molecule has 0 spiro atoms. The predicted octanol–water partition coefficient (Wildman–Crippen LogP) is -0.559. The minimum Gasteiger partial charge on any atom is -0.300 e. The van der Waals surface area contributed by atoms with Crippen molar-refractivity contribution in [1.82, 2.24) is 14.8 Å². The lowest BCUT2D eigenvalue weighted by molar-refractivity contribution is 0.540. The van der Waals surface area contributed by atoms with Crippen molar-refractivity contribution in [3.63, 3.8) is 0 Å². The second kappa shape index (κ2) is 4.94. The molecular weight excluding hydrogens is 280 g/mol. The smallest absolute Gasteiger partial charge is 0.273 e. The lowest BCUT2D eigenvalue weighted by Crippen LogP contribution is -2.21. The zero-order chi connectivity index (χ0) is 14.1. The standard InChI is InChI=1S/C8H16N4O4S2/c1-4-5-12-7(6(2)17(3,13)14)10-11-8(12)18(9,15)16/h6H,4-5H2,1-3H3,(H2,9,15,16). The van der Waals surface area contributed by atoms with E-state index in [1.165, 1.54) is 11.5 Å². The Balaban J connectivity index is 3.44. The van der Waals surface area contributed by atoms with Gasteiger partial charge in [-0.3, -0.25) is 4.57 Å². The minimum absolute atomic E-state index is 0.0865. The van der Waals surface area contributed by atoms with Crippen LogP contribution in [0.5, 0.6) is 0 Å². The van der Waals surface area contributed by atoms with Crippen LogP contribution in [-0.4, -0.2) is 37.9 Å². The molecule has 1 aromatic heterocycles. The first kappa shape index (κ1) is 15.1. The maximum absolute atomic E-state index is 11.5. The molecule has 0 radical (unpaired) electrons. The molecule has 0 amide bonds. The van der Waals surface area contributed by atoms with Crippen LogP contribution < -0.4 is 5.14 Å². The largest absolute Gasteiger partial charge is 0.300 e. The maximum Gasteiger partial charge on any atom is 0.273 e. The van der Waals surface area contributed by atoms with Gasteiger partial charge in [0.25, 0.3) is 15.2 Å². The first-order chi connectivity index (χ1) is 8.09. The van der Waals surface area contributed by atoms with Gasteiger partial charge in [0.2, 0.25) is 0 Å². The van der Waals surface area contributed by atoms with Crippen LogP contribution in [0.1, 0.15) is 31.3 Å². The first-order valence-corrected chi connectivity index (χ1v) is 8.74. The summed E-state index contributed by atoms with van der Waals surface area (Å²) in [5.74, 6) is 0.0865. The maximum atomic E-state index is 11.5. The number of rotatable bonds is 5. The van der Waals surface area contributed by atoms with E-state index in [1.54, 1.807) is 0 Å². The third-order valence-electron chi connectivity index (χ3n) is 2.45. The highest BCUT2D eigenvalue weighted by Gasteiger charge is 2.28. The van der Waals surface area contributed by atoms with Crippen LogP contribution in [0.15, 0.2) is 5.16 Å². The minimum atomic E-state index is -4.02. The third kappa shape index (κ3) is 3.06. The van der Waals surface area contributed by atoms with Crippen LogP contribution in [0, 0.1) is 0 Å². The Kier molecular flexibility index (Phi) is 4.13. The zero-order valence-corrected chi connectivity index (χ0v) is 12.0. The molecule has 18 heavy (non-hydrogen) atoms. The van der Waals surface area contributed by atoms with E-state index >= 15 is 0 Å². The van der Waals surface area contributed by atoms with Crippen molar-refractivity contribution in [2.75, 3.05) is 6.26 Å². The van der Waals surface area contributed by atoms with Crippen molar-refractivity contribution in [2.24, 2.45) is 5.14 Å². The Hall–Kier alpha value is -1.00. The van der Waals surface area contributed by atoms with Crippen molar-refractivity contribution in [3.8, 4) is 0 Å². The topological polar surface area (TPSA) is 125 Å². The molecule has 0 fully saturated rings. The molecule has 0 saturated carbocycles. The number of aromatic nitrogens is 3. The van der Waals surface area contributed by atoms with Gasteiger partial charge >= 0.3 is 0 Å². The Morgan fingerprint density at radius 2 is 1.83 bits per heavy atom. The molecule has 1 heterocycles. The summed E-state index contributed by atoms with van der Waals surface area (Å²) in [6, 6.07) is 0. The van der Waals surface area contributed by atoms with Crippen LogP contribution in [0.2, 0.25) is 0 Å². The lowest BCUT2D eigenvalue weighted by atomic mass is 10.4.